The second-order valence-electron chi connectivity index (χ2n) is 5.46. The largest absolute Gasteiger partial charge is 0.449 e. The minimum absolute atomic E-state index is 0.312. The number of nitrogens with two attached hydrogens (primary N) is 1. The van der Waals surface area contributed by atoms with Crippen LogP contribution in [-0.4, -0.2) is 23.0 Å². The molecule has 0 aliphatic rings. The second-order valence-corrected chi connectivity index (χ2v) is 6.53. The molecular formula is C18H14N4O3S. The van der Waals surface area contributed by atoms with Crippen molar-refractivity contribution in [3.05, 3.63) is 53.6 Å². The summed E-state index contributed by atoms with van der Waals surface area (Å²) in [4.78, 5) is 28.6. The first-order chi connectivity index (χ1) is 12.5. The highest BCUT2D eigenvalue weighted by Crippen LogP contribution is 2.25. The van der Waals surface area contributed by atoms with Crippen molar-refractivity contribution < 1.29 is 14.3 Å². The molecule has 0 unspecified atom stereocenters. The van der Waals surface area contributed by atoms with E-state index in [9.17, 15) is 9.59 Å². The van der Waals surface area contributed by atoms with Gasteiger partial charge in [-0.05, 0) is 43.3 Å². The molecule has 2 aromatic carbocycles. The molecule has 0 fully saturated rings. The van der Waals surface area contributed by atoms with Crippen molar-refractivity contribution in [2.24, 2.45) is 0 Å². The van der Waals surface area contributed by atoms with Crippen LogP contribution < -0.4 is 11.1 Å². The van der Waals surface area contributed by atoms with Crippen molar-refractivity contribution in [3.8, 4) is 6.07 Å². The number of hydrogen-bond donors (Lipinski definition) is 2. The van der Waals surface area contributed by atoms with Gasteiger partial charge >= 0.3 is 5.97 Å². The number of aromatic nitrogens is 1. The van der Waals surface area contributed by atoms with Crippen LogP contribution in [0, 0.1) is 11.3 Å². The SMILES string of the molecule is C[C@H](OC(=O)c1ccc2nc(N)sc2c1)C(=O)Nc1cccc(C#N)c1. The molecule has 3 rings (SSSR count). The maximum atomic E-state index is 12.3. The third-order valence-electron chi connectivity index (χ3n) is 3.55. The zero-order valence-electron chi connectivity index (χ0n) is 13.7. The normalized spacial score (nSPS) is 11.5. The van der Waals surface area contributed by atoms with Crippen LogP contribution in [-0.2, 0) is 9.53 Å². The summed E-state index contributed by atoms with van der Waals surface area (Å²) in [5.74, 6) is -1.11. The summed E-state index contributed by atoms with van der Waals surface area (Å²) >= 11 is 1.27. The molecule has 1 aromatic heterocycles. The molecule has 26 heavy (non-hydrogen) atoms. The van der Waals surface area contributed by atoms with E-state index in [1.165, 1.54) is 24.3 Å². The molecule has 0 radical (unpaired) electrons. The van der Waals surface area contributed by atoms with Crippen molar-refractivity contribution in [1.82, 2.24) is 4.98 Å². The van der Waals surface area contributed by atoms with Crippen LogP contribution in [0.4, 0.5) is 10.8 Å². The number of anilines is 2. The van der Waals surface area contributed by atoms with Gasteiger partial charge < -0.3 is 15.8 Å². The summed E-state index contributed by atoms with van der Waals surface area (Å²) in [6, 6.07) is 13.3. The van der Waals surface area contributed by atoms with Gasteiger partial charge in [0.15, 0.2) is 11.2 Å². The topological polar surface area (TPSA) is 118 Å². The molecule has 3 N–H and O–H groups in total. The van der Waals surface area contributed by atoms with E-state index < -0.39 is 18.0 Å². The van der Waals surface area contributed by atoms with Gasteiger partial charge in [0.2, 0.25) is 0 Å². The molecule has 0 aliphatic carbocycles. The Labute approximate surface area is 153 Å². The number of carbonyl (C=O) groups is 2. The van der Waals surface area contributed by atoms with Gasteiger partial charge in [0.05, 0.1) is 27.4 Å². The molecule has 1 atom stereocenters. The highest BCUT2D eigenvalue weighted by molar-refractivity contribution is 7.22. The number of benzene rings is 2. The van der Waals surface area contributed by atoms with Gasteiger partial charge in [-0.25, -0.2) is 9.78 Å². The minimum Gasteiger partial charge on any atom is -0.449 e. The summed E-state index contributed by atoms with van der Waals surface area (Å²) in [5.41, 5.74) is 7.54. The van der Waals surface area contributed by atoms with Crippen LogP contribution in [0.15, 0.2) is 42.5 Å². The van der Waals surface area contributed by atoms with E-state index in [0.717, 1.165) is 4.70 Å². The molecule has 130 valence electrons. The summed E-state index contributed by atoms with van der Waals surface area (Å²) in [6.45, 7) is 1.48. The number of esters is 1. The van der Waals surface area contributed by atoms with Crippen LogP contribution in [0.3, 0.4) is 0 Å². The second kappa shape index (κ2) is 7.21. The number of nitrogens with one attached hydrogen (secondary N) is 1. The molecule has 1 heterocycles. The Kier molecular flexibility index (Phi) is 4.82. The number of hydrogen-bond acceptors (Lipinski definition) is 7. The van der Waals surface area contributed by atoms with E-state index in [1.54, 1.807) is 36.4 Å². The van der Waals surface area contributed by atoms with E-state index in [2.05, 4.69) is 10.3 Å². The van der Waals surface area contributed by atoms with E-state index >= 15 is 0 Å². The number of nitrogen functional groups attached to an aromatic ring is 1. The molecule has 0 saturated heterocycles. The summed E-state index contributed by atoms with van der Waals surface area (Å²) < 4.78 is 5.99. The smallest absolute Gasteiger partial charge is 0.338 e. The Morgan fingerprint density at radius 2 is 2.12 bits per heavy atom. The van der Waals surface area contributed by atoms with E-state index in [0.29, 0.717) is 27.5 Å². The Hall–Kier alpha value is -3.44. The van der Waals surface area contributed by atoms with Crippen molar-refractivity contribution in [2.45, 2.75) is 13.0 Å². The maximum Gasteiger partial charge on any atom is 0.338 e. The molecule has 1 amide bonds. The lowest BCUT2D eigenvalue weighted by molar-refractivity contribution is -0.123. The Morgan fingerprint density at radius 1 is 1.31 bits per heavy atom. The predicted octanol–water partition coefficient (Wildman–Crippen LogP) is 2.93. The van der Waals surface area contributed by atoms with Crippen LogP contribution in [0.2, 0.25) is 0 Å². The predicted molar refractivity (Wildman–Crippen MR) is 98.7 cm³/mol. The first kappa shape index (κ1) is 17.4. The van der Waals surface area contributed by atoms with Crippen LogP contribution in [0.5, 0.6) is 0 Å². The summed E-state index contributed by atoms with van der Waals surface area (Å²) in [7, 11) is 0. The number of amides is 1. The molecule has 0 aliphatic heterocycles. The van der Waals surface area contributed by atoms with Gasteiger partial charge in [-0.15, -0.1) is 0 Å². The average molecular weight is 366 g/mol. The lowest BCUT2D eigenvalue weighted by atomic mass is 10.2. The average Bonchev–Trinajstić information content (AvgIpc) is 3.00. The van der Waals surface area contributed by atoms with Gasteiger partial charge in [0.25, 0.3) is 5.91 Å². The Bertz CT molecular complexity index is 1040. The van der Waals surface area contributed by atoms with Crippen LogP contribution >= 0.6 is 11.3 Å². The third kappa shape index (κ3) is 3.79. The molecule has 3 aromatic rings. The summed E-state index contributed by atoms with van der Waals surface area (Å²) in [5, 5.41) is 11.9. The first-order valence-corrected chi connectivity index (χ1v) is 8.46. The molecule has 8 heteroatoms. The zero-order valence-corrected chi connectivity index (χ0v) is 14.5. The Morgan fingerprint density at radius 3 is 2.88 bits per heavy atom. The van der Waals surface area contributed by atoms with E-state index in [-0.39, 0.29) is 0 Å². The van der Waals surface area contributed by atoms with Crippen molar-refractivity contribution in [2.75, 3.05) is 11.1 Å². The van der Waals surface area contributed by atoms with Crippen molar-refractivity contribution in [3.63, 3.8) is 0 Å². The van der Waals surface area contributed by atoms with Gasteiger partial charge in [-0.3, -0.25) is 4.79 Å². The fraction of sp³-hybridized carbons (Fsp3) is 0.111. The standard InChI is InChI=1S/C18H14N4O3S/c1-10(16(23)21-13-4-2-3-11(7-13)9-19)25-17(24)12-5-6-14-15(8-12)26-18(20)22-14/h2-8,10H,1H3,(H2,20,22)(H,21,23)/t10-/m0/s1. The van der Waals surface area contributed by atoms with Gasteiger partial charge in [0, 0.05) is 5.69 Å². The molecule has 0 saturated carbocycles. The number of ether oxygens (including phenoxy) is 1. The number of nitrogens with zero attached hydrogens (tertiary/aromatic N) is 2. The lowest BCUT2D eigenvalue weighted by Crippen LogP contribution is -2.30. The number of thiazole rings is 1. The summed E-state index contributed by atoms with van der Waals surface area (Å²) in [6.07, 6.45) is -1.00. The Balaban J connectivity index is 1.67. The van der Waals surface area contributed by atoms with E-state index in [1.807, 2.05) is 6.07 Å². The highest BCUT2D eigenvalue weighted by Gasteiger charge is 2.19. The maximum absolute atomic E-state index is 12.3. The fourth-order valence-electron chi connectivity index (χ4n) is 2.26. The molecule has 7 nitrogen and oxygen atoms in total. The van der Waals surface area contributed by atoms with Crippen molar-refractivity contribution in [1.29, 1.82) is 5.26 Å². The number of nitriles is 1. The fourth-order valence-corrected chi connectivity index (χ4v) is 3.04. The molecular weight excluding hydrogens is 352 g/mol. The molecule has 0 bridgehead atoms. The quantitative estimate of drug-likeness (QED) is 0.685. The molecule has 0 spiro atoms. The highest BCUT2D eigenvalue weighted by atomic mass is 32.1. The number of rotatable bonds is 4. The van der Waals surface area contributed by atoms with Gasteiger partial charge in [-0.2, -0.15) is 5.26 Å². The van der Waals surface area contributed by atoms with Gasteiger partial charge in [-0.1, -0.05) is 17.4 Å². The van der Waals surface area contributed by atoms with E-state index in [4.69, 9.17) is 15.7 Å². The van der Waals surface area contributed by atoms with Gasteiger partial charge in [0.1, 0.15) is 0 Å². The number of carbonyl (C=O) groups excluding carboxylic acids is 2. The third-order valence-corrected chi connectivity index (χ3v) is 4.40. The monoisotopic (exact) mass is 366 g/mol. The minimum atomic E-state index is -1.00. The first-order valence-electron chi connectivity index (χ1n) is 7.64. The van der Waals surface area contributed by atoms with Crippen LogP contribution in [0.25, 0.3) is 10.2 Å². The number of fused-ring (bicyclic) bond motifs is 1. The van der Waals surface area contributed by atoms with Crippen LogP contribution in [0.1, 0.15) is 22.8 Å². The zero-order chi connectivity index (χ0) is 18.7. The lowest BCUT2D eigenvalue weighted by Gasteiger charge is -2.13. The van der Waals surface area contributed by atoms with Crippen molar-refractivity contribution >= 4 is 44.2 Å².